The summed E-state index contributed by atoms with van der Waals surface area (Å²) in [6.07, 6.45) is 4.85. The summed E-state index contributed by atoms with van der Waals surface area (Å²) < 4.78 is 22.7. The van der Waals surface area contributed by atoms with E-state index in [-0.39, 0.29) is 11.2 Å². The van der Waals surface area contributed by atoms with Crippen molar-refractivity contribution in [1.29, 1.82) is 0 Å². The molecule has 1 fully saturated rings. The van der Waals surface area contributed by atoms with Crippen LogP contribution in [0.2, 0.25) is 0 Å². The van der Waals surface area contributed by atoms with E-state index in [0.717, 1.165) is 66.5 Å². The van der Waals surface area contributed by atoms with E-state index in [0.29, 0.717) is 0 Å². The maximum absolute atomic E-state index is 14.0. The molecular formula is C47H33FN2O. The average molecular weight is 661 g/mol. The van der Waals surface area contributed by atoms with Crippen molar-refractivity contribution in [2.75, 3.05) is 4.90 Å². The maximum atomic E-state index is 14.0. The number of hydrogen-bond acceptors (Lipinski definition) is 2. The monoisotopic (exact) mass is 660 g/mol. The number of fused-ring (bicyclic) bond motifs is 11. The van der Waals surface area contributed by atoms with Crippen molar-refractivity contribution in [3.05, 3.63) is 169 Å². The fourth-order valence-electron chi connectivity index (χ4n) is 9.44. The van der Waals surface area contributed by atoms with Gasteiger partial charge in [-0.25, -0.2) is 4.39 Å². The second-order valence-corrected chi connectivity index (χ2v) is 14.2. The summed E-state index contributed by atoms with van der Waals surface area (Å²) in [6, 6.07) is 53.0. The zero-order valence-corrected chi connectivity index (χ0v) is 27.9. The quantitative estimate of drug-likeness (QED) is 0.187. The van der Waals surface area contributed by atoms with Crippen LogP contribution in [0.3, 0.4) is 0 Å². The molecule has 1 spiro atoms. The summed E-state index contributed by atoms with van der Waals surface area (Å²) in [5.41, 5.74) is 13.8. The number of nitrogens with zero attached hydrogens (tertiary/aromatic N) is 2. The molecule has 2 aliphatic rings. The molecule has 1 saturated carbocycles. The number of aromatic nitrogens is 1. The van der Waals surface area contributed by atoms with Gasteiger partial charge < -0.3 is 13.9 Å². The molecule has 0 saturated heterocycles. The van der Waals surface area contributed by atoms with Gasteiger partial charge >= 0.3 is 0 Å². The lowest BCUT2D eigenvalue weighted by Crippen LogP contribution is -2.21. The zero-order valence-electron chi connectivity index (χ0n) is 27.9. The molecule has 0 radical (unpaired) electrons. The van der Waals surface area contributed by atoms with Crippen LogP contribution in [0, 0.1) is 5.82 Å². The minimum absolute atomic E-state index is 0.0501. The van der Waals surface area contributed by atoms with Crippen molar-refractivity contribution in [2.45, 2.75) is 31.1 Å². The van der Waals surface area contributed by atoms with Crippen LogP contribution in [0.15, 0.2) is 156 Å². The highest BCUT2D eigenvalue weighted by molar-refractivity contribution is 6.15. The first-order valence-corrected chi connectivity index (χ1v) is 17.9. The average Bonchev–Trinajstić information content (AvgIpc) is 3.95. The third-order valence-corrected chi connectivity index (χ3v) is 11.6. The molecule has 11 rings (SSSR count). The number of halogens is 1. The molecular weight excluding hydrogens is 628 g/mol. The number of anilines is 3. The van der Waals surface area contributed by atoms with Crippen molar-refractivity contribution in [1.82, 2.24) is 4.57 Å². The number of hydrogen-bond donors (Lipinski definition) is 0. The van der Waals surface area contributed by atoms with Crippen LogP contribution in [0.4, 0.5) is 21.5 Å². The van der Waals surface area contributed by atoms with Crippen molar-refractivity contribution in [2.24, 2.45) is 0 Å². The first-order chi connectivity index (χ1) is 25.2. The predicted octanol–water partition coefficient (Wildman–Crippen LogP) is 13.1. The predicted molar refractivity (Wildman–Crippen MR) is 207 cm³/mol. The minimum Gasteiger partial charge on any atom is -0.456 e. The lowest BCUT2D eigenvalue weighted by molar-refractivity contribution is 0.550. The second-order valence-electron chi connectivity index (χ2n) is 14.2. The van der Waals surface area contributed by atoms with E-state index in [2.05, 4.69) is 131 Å². The molecule has 2 aliphatic carbocycles. The number of para-hydroxylation sites is 2. The van der Waals surface area contributed by atoms with Gasteiger partial charge in [-0.3, -0.25) is 0 Å². The van der Waals surface area contributed by atoms with Gasteiger partial charge in [0.05, 0.1) is 22.1 Å². The highest BCUT2D eigenvalue weighted by Gasteiger charge is 2.45. The van der Waals surface area contributed by atoms with E-state index in [1.165, 1.54) is 60.1 Å². The fraction of sp³-hybridized carbons (Fsp3) is 0.106. The van der Waals surface area contributed by atoms with Gasteiger partial charge in [0, 0.05) is 38.6 Å². The van der Waals surface area contributed by atoms with E-state index < -0.39 is 0 Å². The summed E-state index contributed by atoms with van der Waals surface area (Å²) in [5, 5.41) is 4.49. The van der Waals surface area contributed by atoms with Gasteiger partial charge in [0.15, 0.2) is 0 Å². The van der Waals surface area contributed by atoms with Crippen molar-refractivity contribution < 1.29 is 8.81 Å². The molecule has 9 aromatic rings. The summed E-state index contributed by atoms with van der Waals surface area (Å²) in [4.78, 5) is 2.43. The molecule has 0 amide bonds. The Kier molecular flexibility index (Phi) is 6.01. The molecule has 7 aromatic carbocycles. The van der Waals surface area contributed by atoms with Gasteiger partial charge in [-0.15, -0.1) is 0 Å². The van der Waals surface area contributed by atoms with Crippen LogP contribution < -0.4 is 4.90 Å². The minimum atomic E-state index is -0.241. The molecule has 0 atom stereocenters. The third kappa shape index (κ3) is 4.05. The Morgan fingerprint density at radius 3 is 2.12 bits per heavy atom. The van der Waals surface area contributed by atoms with Crippen molar-refractivity contribution >= 4 is 60.8 Å². The molecule has 3 nitrogen and oxygen atoms in total. The molecule has 2 heterocycles. The number of furan rings is 1. The SMILES string of the molecule is Fc1ccc(-n2c3ccccc3c3cc(N(c4ccc5c(c4)C4(CCCC4)c4ccccc4-5)c4cccc5oc6ccccc6c45)ccc32)cc1. The highest BCUT2D eigenvalue weighted by Crippen LogP contribution is 2.58. The standard InChI is InChI=1S/C47H33FN2O/c48-30-18-20-31(21-19-30)50-41-14-5-2-11-36(41)38-28-32(23-25-42(38)50)49(43-15-9-17-45-46(43)37-12-3-6-16-44(37)51-45)33-22-24-35-34-10-1-4-13-39(34)47(40(35)29-33)26-7-8-27-47/h1-6,9-25,28-29H,7-8,26-27H2. The molecule has 244 valence electrons. The smallest absolute Gasteiger partial charge is 0.137 e. The summed E-state index contributed by atoms with van der Waals surface area (Å²) >= 11 is 0. The highest BCUT2D eigenvalue weighted by atomic mass is 19.1. The van der Waals surface area contributed by atoms with Gasteiger partial charge in [0.25, 0.3) is 0 Å². The van der Waals surface area contributed by atoms with Crippen LogP contribution >= 0.6 is 0 Å². The lowest BCUT2D eigenvalue weighted by atomic mass is 9.76. The molecule has 51 heavy (non-hydrogen) atoms. The van der Waals surface area contributed by atoms with Gasteiger partial charge in [-0.2, -0.15) is 0 Å². The van der Waals surface area contributed by atoms with Crippen LogP contribution in [0.5, 0.6) is 0 Å². The van der Waals surface area contributed by atoms with Crippen LogP contribution in [0.25, 0.3) is 60.6 Å². The van der Waals surface area contributed by atoms with E-state index in [1.807, 2.05) is 18.2 Å². The Hall–Kier alpha value is -6.13. The van der Waals surface area contributed by atoms with Crippen LogP contribution in [-0.4, -0.2) is 4.57 Å². The maximum Gasteiger partial charge on any atom is 0.137 e. The van der Waals surface area contributed by atoms with Crippen molar-refractivity contribution in [3.63, 3.8) is 0 Å². The van der Waals surface area contributed by atoms with E-state index in [1.54, 1.807) is 0 Å². The van der Waals surface area contributed by atoms with Crippen molar-refractivity contribution in [3.8, 4) is 16.8 Å². The second kappa shape index (κ2) is 10.7. The largest absolute Gasteiger partial charge is 0.456 e. The normalized spacial score (nSPS) is 14.6. The Bertz CT molecular complexity index is 2840. The van der Waals surface area contributed by atoms with E-state index in [9.17, 15) is 4.39 Å². The summed E-state index contributed by atoms with van der Waals surface area (Å²) in [7, 11) is 0. The third-order valence-electron chi connectivity index (χ3n) is 11.6. The Morgan fingerprint density at radius 1 is 0.549 bits per heavy atom. The van der Waals surface area contributed by atoms with E-state index in [4.69, 9.17) is 4.42 Å². The molecule has 0 N–H and O–H groups in total. The van der Waals surface area contributed by atoms with Gasteiger partial charge in [0.2, 0.25) is 0 Å². The number of rotatable bonds is 4. The topological polar surface area (TPSA) is 21.3 Å². The van der Waals surface area contributed by atoms with Crippen LogP contribution in [-0.2, 0) is 5.41 Å². The molecule has 0 bridgehead atoms. The number of benzene rings is 7. The Labute approximate surface area is 294 Å². The molecule has 0 unspecified atom stereocenters. The van der Waals surface area contributed by atoms with E-state index >= 15 is 0 Å². The van der Waals surface area contributed by atoms with Gasteiger partial charge in [0.1, 0.15) is 17.0 Å². The summed E-state index contributed by atoms with van der Waals surface area (Å²) in [5.74, 6) is -0.241. The Morgan fingerprint density at radius 2 is 1.24 bits per heavy atom. The zero-order chi connectivity index (χ0) is 33.7. The van der Waals surface area contributed by atoms with Crippen LogP contribution in [0.1, 0.15) is 36.8 Å². The fourth-order valence-corrected chi connectivity index (χ4v) is 9.44. The first-order valence-electron chi connectivity index (χ1n) is 17.9. The summed E-state index contributed by atoms with van der Waals surface area (Å²) in [6.45, 7) is 0. The Balaban J connectivity index is 1.19. The lowest BCUT2D eigenvalue weighted by Gasteiger charge is -2.30. The van der Waals surface area contributed by atoms with Gasteiger partial charge in [-0.1, -0.05) is 85.6 Å². The molecule has 4 heteroatoms. The molecule has 0 aliphatic heterocycles. The molecule has 2 aromatic heterocycles. The van der Waals surface area contributed by atoms with Gasteiger partial charge in [-0.05, 0) is 114 Å². The first kappa shape index (κ1) is 28.7.